The van der Waals surface area contributed by atoms with Crippen molar-refractivity contribution in [2.45, 2.75) is 88.0 Å². The van der Waals surface area contributed by atoms with Crippen LogP contribution < -0.4 is 0 Å². The summed E-state index contributed by atoms with van der Waals surface area (Å²) >= 11 is 3.79. The first-order chi connectivity index (χ1) is 20.7. The number of likely N-dealkylation sites (tertiary alicyclic amines) is 1. The minimum absolute atomic E-state index is 0.0612. The van der Waals surface area contributed by atoms with E-state index in [0.29, 0.717) is 32.6 Å². The molecule has 8 nitrogen and oxygen atoms in total. The van der Waals surface area contributed by atoms with E-state index in [-0.39, 0.29) is 35.1 Å². The molecule has 0 radical (unpaired) electrons. The standard InChI is InChI=1S/C34H48BrN3O5/c1-6-10-14-19-36(17-7-2)33(42)30-34-20-25(35)29(43-34)27(28(34)32(41)38(30)26(22-39)23(5)9-4)31(40)37(18-8-3)21-24-15-12-11-13-16-24/h7-8,11-13,15-16,23,25-30,39H,2-3,6,9-10,14,17-22H2,1,4-5H3/t23-,25?,26-,27+,28-,29+,30?,34?/m0/s1. The zero-order valence-electron chi connectivity index (χ0n) is 25.9. The Morgan fingerprint density at radius 3 is 2.42 bits per heavy atom. The number of nitrogens with zero attached hydrogens (tertiary/aromatic N) is 3. The van der Waals surface area contributed by atoms with E-state index < -0.39 is 35.6 Å². The number of aliphatic hydroxyl groups excluding tert-OH is 1. The van der Waals surface area contributed by atoms with Crippen molar-refractivity contribution >= 4 is 33.7 Å². The van der Waals surface area contributed by atoms with Crippen LogP contribution in [-0.4, -0.2) is 92.4 Å². The van der Waals surface area contributed by atoms with Crippen molar-refractivity contribution in [1.29, 1.82) is 0 Å². The lowest BCUT2D eigenvalue weighted by Crippen LogP contribution is -2.60. The van der Waals surface area contributed by atoms with Crippen LogP contribution in [0.3, 0.4) is 0 Å². The third-order valence-corrected chi connectivity index (χ3v) is 10.5. The molecule has 1 N–H and O–H groups in total. The van der Waals surface area contributed by atoms with Gasteiger partial charge in [-0.2, -0.15) is 0 Å². The van der Waals surface area contributed by atoms with Gasteiger partial charge in [0.1, 0.15) is 11.6 Å². The normalized spacial score (nSPS) is 28.8. The minimum atomic E-state index is -1.18. The number of alkyl halides is 1. The van der Waals surface area contributed by atoms with E-state index in [1.54, 1.807) is 26.9 Å². The summed E-state index contributed by atoms with van der Waals surface area (Å²) in [5, 5.41) is 10.6. The zero-order chi connectivity index (χ0) is 31.3. The summed E-state index contributed by atoms with van der Waals surface area (Å²) in [6, 6.07) is 8.22. The Morgan fingerprint density at radius 2 is 1.81 bits per heavy atom. The lowest BCUT2D eigenvalue weighted by molar-refractivity contribution is -0.153. The second-order valence-corrected chi connectivity index (χ2v) is 13.5. The van der Waals surface area contributed by atoms with Gasteiger partial charge in [0.25, 0.3) is 0 Å². The Labute approximate surface area is 265 Å². The number of aliphatic hydroxyl groups is 1. The van der Waals surface area contributed by atoms with Crippen LogP contribution in [0, 0.1) is 17.8 Å². The number of benzene rings is 1. The average molecular weight is 659 g/mol. The van der Waals surface area contributed by atoms with Crippen LogP contribution in [0.15, 0.2) is 55.6 Å². The summed E-state index contributed by atoms with van der Waals surface area (Å²) in [6.07, 6.45) is 6.84. The number of halogens is 1. The molecule has 3 unspecified atom stereocenters. The Kier molecular flexibility index (Phi) is 11.3. The van der Waals surface area contributed by atoms with E-state index in [2.05, 4.69) is 36.0 Å². The monoisotopic (exact) mass is 657 g/mol. The van der Waals surface area contributed by atoms with E-state index >= 15 is 0 Å². The van der Waals surface area contributed by atoms with Crippen molar-refractivity contribution in [1.82, 2.24) is 14.7 Å². The van der Waals surface area contributed by atoms with Gasteiger partial charge in [-0.15, -0.1) is 13.2 Å². The SMILES string of the molecule is C=CCN(CCCCC)C(=O)C1N([C@@H](CO)[C@@H](C)CC)C(=O)[C@@H]2[C@@H](C(=O)N(CC=C)Cc3ccccc3)[C@@H]3OC12CC3Br. The Morgan fingerprint density at radius 1 is 1.14 bits per heavy atom. The second kappa shape index (κ2) is 14.5. The highest BCUT2D eigenvalue weighted by atomic mass is 79.9. The van der Waals surface area contributed by atoms with Gasteiger partial charge in [-0.25, -0.2) is 0 Å². The molecule has 3 saturated heterocycles. The van der Waals surface area contributed by atoms with E-state index in [9.17, 15) is 19.5 Å². The number of hydrogen-bond donors (Lipinski definition) is 1. The molecule has 9 heteroatoms. The molecular weight excluding hydrogens is 610 g/mol. The molecule has 0 aromatic heterocycles. The van der Waals surface area contributed by atoms with Gasteiger partial charge in [0.2, 0.25) is 17.7 Å². The maximum absolute atomic E-state index is 14.6. The maximum Gasteiger partial charge on any atom is 0.248 e. The fourth-order valence-corrected chi connectivity index (χ4v) is 8.32. The summed E-state index contributed by atoms with van der Waals surface area (Å²) in [5.74, 6) is -2.30. The van der Waals surface area contributed by atoms with Gasteiger partial charge in [0, 0.05) is 31.0 Å². The number of fused-ring (bicyclic) bond motifs is 1. The van der Waals surface area contributed by atoms with Gasteiger partial charge >= 0.3 is 0 Å². The van der Waals surface area contributed by atoms with Crippen molar-refractivity contribution in [3.63, 3.8) is 0 Å². The highest BCUT2D eigenvalue weighted by molar-refractivity contribution is 9.09. The Bertz CT molecular complexity index is 1160. The number of unbranched alkanes of at least 4 members (excludes halogenated alkanes) is 2. The number of ether oxygens (including phenoxy) is 1. The third-order valence-electron chi connectivity index (χ3n) is 9.66. The molecule has 2 bridgehead atoms. The Hall–Kier alpha value is -2.49. The molecular formula is C34H48BrN3O5. The van der Waals surface area contributed by atoms with Crippen LogP contribution in [0.25, 0.3) is 0 Å². The van der Waals surface area contributed by atoms with Gasteiger partial charge < -0.3 is 24.5 Å². The lowest BCUT2D eigenvalue weighted by Gasteiger charge is -2.41. The van der Waals surface area contributed by atoms with Crippen molar-refractivity contribution in [3.8, 4) is 0 Å². The second-order valence-electron chi connectivity index (χ2n) is 12.3. The summed E-state index contributed by atoms with van der Waals surface area (Å²) < 4.78 is 6.77. The topological polar surface area (TPSA) is 90.4 Å². The summed E-state index contributed by atoms with van der Waals surface area (Å²) in [6.45, 7) is 15.2. The van der Waals surface area contributed by atoms with Gasteiger partial charge in [0.15, 0.2) is 0 Å². The molecule has 236 valence electrons. The molecule has 4 rings (SSSR count). The Balaban J connectivity index is 1.78. The summed E-state index contributed by atoms with van der Waals surface area (Å²) in [7, 11) is 0. The van der Waals surface area contributed by atoms with E-state index in [0.717, 1.165) is 31.2 Å². The quantitative estimate of drug-likeness (QED) is 0.160. The van der Waals surface area contributed by atoms with Crippen LogP contribution in [0.4, 0.5) is 0 Å². The summed E-state index contributed by atoms with van der Waals surface area (Å²) in [5.41, 5.74) is -0.200. The third kappa shape index (κ3) is 6.22. The molecule has 8 atom stereocenters. The van der Waals surface area contributed by atoms with Crippen LogP contribution in [0.5, 0.6) is 0 Å². The fraction of sp³-hybridized carbons (Fsp3) is 0.618. The van der Waals surface area contributed by atoms with Crippen LogP contribution >= 0.6 is 15.9 Å². The predicted molar refractivity (Wildman–Crippen MR) is 171 cm³/mol. The predicted octanol–water partition coefficient (Wildman–Crippen LogP) is 4.56. The maximum atomic E-state index is 14.6. The average Bonchev–Trinajstić information content (AvgIpc) is 3.60. The number of carbonyl (C=O) groups excluding carboxylic acids is 3. The number of carbonyl (C=O) groups is 3. The molecule has 1 aromatic rings. The number of amides is 3. The van der Waals surface area contributed by atoms with Gasteiger partial charge in [-0.3, -0.25) is 14.4 Å². The highest BCUT2D eigenvalue weighted by Gasteiger charge is 2.77. The first-order valence-electron chi connectivity index (χ1n) is 15.8. The molecule has 3 fully saturated rings. The van der Waals surface area contributed by atoms with Gasteiger partial charge in [-0.1, -0.05) is 98.4 Å². The highest BCUT2D eigenvalue weighted by Crippen LogP contribution is 2.61. The molecule has 1 aromatic carbocycles. The molecule has 0 saturated carbocycles. The van der Waals surface area contributed by atoms with Crippen molar-refractivity contribution in [2.75, 3.05) is 26.2 Å². The van der Waals surface area contributed by atoms with Crippen molar-refractivity contribution in [2.24, 2.45) is 17.8 Å². The largest absolute Gasteiger partial charge is 0.394 e. The smallest absolute Gasteiger partial charge is 0.248 e. The lowest BCUT2D eigenvalue weighted by atomic mass is 9.70. The molecule has 3 heterocycles. The van der Waals surface area contributed by atoms with Gasteiger partial charge in [-0.05, 0) is 24.3 Å². The molecule has 43 heavy (non-hydrogen) atoms. The molecule has 1 spiro atoms. The van der Waals surface area contributed by atoms with Crippen LogP contribution in [0.2, 0.25) is 0 Å². The molecule has 3 aliphatic rings. The van der Waals surface area contributed by atoms with Crippen molar-refractivity contribution < 1.29 is 24.2 Å². The van der Waals surface area contributed by atoms with Crippen molar-refractivity contribution in [3.05, 3.63) is 61.2 Å². The fourth-order valence-electron chi connectivity index (χ4n) is 7.38. The minimum Gasteiger partial charge on any atom is -0.394 e. The number of rotatable bonds is 16. The first kappa shape index (κ1) is 33.4. The van der Waals surface area contributed by atoms with E-state index in [4.69, 9.17) is 4.74 Å². The van der Waals surface area contributed by atoms with Gasteiger partial charge in [0.05, 0.1) is 30.6 Å². The molecule has 3 amide bonds. The van der Waals surface area contributed by atoms with Crippen LogP contribution in [-0.2, 0) is 25.7 Å². The number of hydrogen-bond acceptors (Lipinski definition) is 5. The molecule has 0 aliphatic carbocycles. The first-order valence-corrected chi connectivity index (χ1v) is 16.7. The zero-order valence-corrected chi connectivity index (χ0v) is 27.5. The van der Waals surface area contributed by atoms with Crippen LogP contribution in [0.1, 0.15) is 58.4 Å². The van der Waals surface area contributed by atoms with E-state index in [1.807, 2.05) is 44.2 Å². The molecule has 3 aliphatic heterocycles. The summed E-state index contributed by atoms with van der Waals surface area (Å²) in [4.78, 5) is 48.6. The van der Waals surface area contributed by atoms with E-state index in [1.165, 1.54) is 0 Å².